The highest BCUT2D eigenvalue weighted by atomic mass is 33.2. The van der Waals surface area contributed by atoms with Crippen LogP contribution in [0, 0.1) is 0 Å². The van der Waals surface area contributed by atoms with Crippen molar-refractivity contribution in [3.05, 3.63) is 48.5 Å². The molecule has 2 nitrogen and oxygen atoms in total. The fourth-order valence-electron chi connectivity index (χ4n) is 1.52. The molecule has 2 unspecified atom stereocenters. The summed E-state index contributed by atoms with van der Waals surface area (Å²) in [7, 11) is 4.05. The number of ether oxygens (including phenoxy) is 2. The van der Waals surface area contributed by atoms with Crippen LogP contribution in [0.25, 0.3) is 0 Å². The van der Waals surface area contributed by atoms with E-state index in [1.807, 2.05) is 35.3 Å². The summed E-state index contributed by atoms with van der Waals surface area (Å²) in [6.07, 6.45) is -0.491. The minimum Gasteiger partial charge on any atom is -0.497 e. The van der Waals surface area contributed by atoms with Gasteiger partial charge in [0.15, 0.2) is 0 Å². The second kappa shape index (κ2) is 8.14. The fraction of sp³-hybridized carbons (Fsp3) is 0.143. The summed E-state index contributed by atoms with van der Waals surface area (Å²) in [6, 6.07) is 16.3. The third kappa shape index (κ3) is 4.56. The maximum Gasteiger partial charge on any atom is 0.118 e. The number of thiol groups is 1. The molecule has 0 spiro atoms. The van der Waals surface area contributed by atoms with Gasteiger partial charge in [0.2, 0.25) is 0 Å². The van der Waals surface area contributed by atoms with Gasteiger partial charge in [-0.05, 0) is 54.8 Å². The molecular formula is C14H16O2P2S2. The van der Waals surface area contributed by atoms with Gasteiger partial charge in [0, 0.05) is 6.33 Å². The Kier molecular flexibility index (Phi) is 6.51. The Hall–Kier alpha value is -0.400. The Morgan fingerprint density at radius 2 is 1.40 bits per heavy atom. The van der Waals surface area contributed by atoms with Crippen LogP contribution < -0.4 is 20.1 Å². The predicted molar refractivity (Wildman–Crippen MR) is 97.1 cm³/mol. The third-order valence-electron chi connectivity index (χ3n) is 2.63. The number of hydrogen-bond donors (Lipinski definition) is 1. The summed E-state index contributed by atoms with van der Waals surface area (Å²) in [5.74, 6) is 1.78. The van der Waals surface area contributed by atoms with Crippen LogP contribution in [0.4, 0.5) is 0 Å². The van der Waals surface area contributed by atoms with Crippen molar-refractivity contribution in [2.24, 2.45) is 0 Å². The van der Waals surface area contributed by atoms with Crippen LogP contribution in [0.3, 0.4) is 0 Å². The Morgan fingerprint density at radius 3 is 1.90 bits per heavy atom. The number of rotatable bonds is 6. The molecule has 0 saturated carbocycles. The van der Waals surface area contributed by atoms with Crippen LogP contribution in [0.15, 0.2) is 48.5 Å². The molecule has 0 radical (unpaired) electrons. The molecule has 0 aliphatic carbocycles. The molecule has 0 fully saturated rings. The highest BCUT2D eigenvalue weighted by Gasteiger charge is 2.07. The van der Waals surface area contributed by atoms with Crippen molar-refractivity contribution in [3.8, 4) is 11.5 Å². The van der Waals surface area contributed by atoms with E-state index < -0.39 is 6.33 Å². The van der Waals surface area contributed by atoms with Crippen molar-refractivity contribution in [3.63, 3.8) is 0 Å². The van der Waals surface area contributed by atoms with Crippen molar-refractivity contribution in [1.29, 1.82) is 0 Å². The first-order chi connectivity index (χ1) is 9.72. The molecule has 0 aliphatic rings. The SMILES string of the molecule is COc1ccc(PSP(S)c2ccc(OC)cc2)cc1. The van der Waals surface area contributed by atoms with Crippen LogP contribution in [-0.2, 0) is 0 Å². The molecular weight excluding hydrogens is 326 g/mol. The van der Waals surface area contributed by atoms with Crippen molar-refractivity contribution in [1.82, 2.24) is 0 Å². The topological polar surface area (TPSA) is 18.5 Å². The first-order valence-electron chi connectivity index (χ1n) is 5.93. The number of methoxy groups -OCH3 is 2. The largest absolute Gasteiger partial charge is 0.497 e. The second-order valence-corrected chi connectivity index (χ2v) is 11.8. The van der Waals surface area contributed by atoms with Gasteiger partial charge in [0.25, 0.3) is 0 Å². The standard InChI is InChI=1S/C14H16O2P2S2/c1-15-11-3-7-13(8-4-11)17-20-18(19)14-9-5-12(16-2)6-10-14/h3-10,17,19H,1-2H3. The molecule has 2 rings (SSSR count). The Balaban J connectivity index is 1.91. The molecule has 0 heterocycles. The molecule has 2 atom stereocenters. The average molecular weight is 342 g/mol. The van der Waals surface area contributed by atoms with Crippen LogP contribution in [-0.4, -0.2) is 14.2 Å². The third-order valence-corrected chi connectivity index (χ3v) is 11.6. The molecule has 0 saturated heterocycles. The minimum atomic E-state index is -0.491. The summed E-state index contributed by atoms with van der Waals surface area (Å²) in [5, 5.41) is 2.57. The van der Waals surface area contributed by atoms with Gasteiger partial charge >= 0.3 is 0 Å². The number of hydrogen-bond acceptors (Lipinski definition) is 4. The van der Waals surface area contributed by atoms with E-state index in [0.717, 1.165) is 11.5 Å². The monoisotopic (exact) mass is 342 g/mol. The summed E-state index contributed by atoms with van der Waals surface area (Å²) >= 11 is 6.61. The Labute approximate surface area is 131 Å². The van der Waals surface area contributed by atoms with E-state index in [1.165, 1.54) is 10.6 Å². The normalized spacial score (nSPS) is 12.6. The van der Waals surface area contributed by atoms with E-state index in [-0.39, 0.29) is 0 Å². The first kappa shape index (κ1) is 16.0. The molecule has 2 aromatic carbocycles. The summed E-state index contributed by atoms with van der Waals surface area (Å²) in [6.45, 7) is 0. The van der Waals surface area contributed by atoms with Crippen LogP contribution >= 0.6 is 37.4 Å². The molecule has 0 aliphatic heterocycles. The summed E-state index contributed by atoms with van der Waals surface area (Å²) < 4.78 is 10.3. The zero-order chi connectivity index (χ0) is 14.4. The van der Waals surface area contributed by atoms with Crippen LogP contribution in [0.1, 0.15) is 0 Å². The minimum absolute atomic E-state index is 0.491. The van der Waals surface area contributed by atoms with E-state index in [1.54, 1.807) is 14.2 Å². The lowest BCUT2D eigenvalue weighted by molar-refractivity contribution is 0.415. The lowest BCUT2D eigenvalue weighted by Crippen LogP contribution is -1.95. The second-order valence-electron chi connectivity index (χ2n) is 3.89. The van der Waals surface area contributed by atoms with Gasteiger partial charge in [0.1, 0.15) is 11.5 Å². The van der Waals surface area contributed by atoms with E-state index in [4.69, 9.17) is 21.7 Å². The molecule has 2 aromatic rings. The van der Waals surface area contributed by atoms with Crippen LogP contribution in [0.5, 0.6) is 11.5 Å². The van der Waals surface area contributed by atoms with Crippen molar-refractivity contribution in [2.75, 3.05) is 14.2 Å². The number of benzene rings is 2. The lowest BCUT2D eigenvalue weighted by Gasteiger charge is -2.11. The molecule has 0 bridgehead atoms. The van der Waals surface area contributed by atoms with E-state index in [0.29, 0.717) is 7.78 Å². The molecule has 6 heteroatoms. The quantitative estimate of drug-likeness (QED) is 0.626. The van der Waals surface area contributed by atoms with Gasteiger partial charge in [-0.25, -0.2) is 0 Å². The van der Waals surface area contributed by atoms with Crippen molar-refractivity contribution < 1.29 is 9.47 Å². The van der Waals surface area contributed by atoms with Crippen molar-refractivity contribution >= 4 is 48.0 Å². The Morgan fingerprint density at radius 1 is 0.900 bits per heavy atom. The maximum atomic E-state index is 5.17. The highest BCUT2D eigenvalue weighted by Crippen LogP contribution is 2.61. The molecule has 0 N–H and O–H groups in total. The summed E-state index contributed by atoms with van der Waals surface area (Å²) in [5.41, 5.74) is 0. The zero-order valence-corrected chi connectivity index (χ0v) is 14.8. The van der Waals surface area contributed by atoms with E-state index >= 15 is 0 Å². The van der Waals surface area contributed by atoms with Gasteiger partial charge in [-0.1, -0.05) is 23.1 Å². The highest BCUT2D eigenvalue weighted by molar-refractivity contribution is 9.00. The zero-order valence-electron chi connectivity index (χ0n) is 11.2. The van der Waals surface area contributed by atoms with Gasteiger partial charge in [-0.2, -0.15) is 0 Å². The smallest absolute Gasteiger partial charge is 0.118 e. The van der Waals surface area contributed by atoms with Crippen molar-refractivity contribution in [2.45, 2.75) is 0 Å². The molecule has 0 aromatic heterocycles. The predicted octanol–water partition coefficient (Wildman–Crippen LogP) is 4.22. The first-order valence-corrected chi connectivity index (χ1v) is 11.6. The van der Waals surface area contributed by atoms with E-state index in [2.05, 4.69) is 24.3 Å². The van der Waals surface area contributed by atoms with E-state index in [9.17, 15) is 0 Å². The molecule has 20 heavy (non-hydrogen) atoms. The summed E-state index contributed by atoms with van der Waals surface area (Å²) in [4.78, 5) is 0. The average Bonchev–Trinajstić information content (AvgIpc) is 2.53. The molecule has 106 valence electrons. The van der Waals surface area contributed by atoms with Gasteiger partial charge in [-0.15, -0.1) is 12.2 Å². The molecule has 0 amide bonds. The van der Waals surface area contributed by atoms with Gasteiger partial charge in [0.05, 0.1) is 14.2 Å². The maximum absolute atomic E-state index is 5.17. The van der Waals surface area contributed by atoms with Gasteiger partial charge in [-0.3, -0.25) is 0 Å². The van der Waals surface area contributed by atoms with Gasteiger partial charge < -0.3 is 9.47 Å². The van der Waals surface area contributed by atoms with Crippen LogP contribution in [0.2, 0.25) is 0 Å². The lowest BCUT2D eigenvalue weighted by atomic mass is 10.3. The Bertz CT molecular complexity index is 532. The fourth-order valence-corrected chi connectivity index (χ4v) is 8.36.